The molecule has 5 rings (SSSR count). The number of nitrogens with zero attached hydrogens (tertiary/aromatic N) is 4. The highest BCUT2D eigenvalue weighted by atomic mass is 16.5. The second-order valence-electron chi connectivity index (χ2n) is 7.06. The fraction of sp³-hybridized carbons (Fsp3) is 0.238. The van der Waals surface area contributed by atoms with E-state index < -0.39 is 0 Å². The van der Waals surface area contributed by atoms with E-state index in [1.165, 1.54) is 11.9 Å². The van der Waals surface area contributed by atoms with Crippen LogP contribution in [0.5, 0.6) is 5.75 Å². The van der Waals surface area contributed by atoms with Crippen molar-refractivity contribution < 1.29 is 4.74 Å². The number of para-hydroxylation sites is 1. The lowest BCUT2D eigenvalue weighted by atomic mass is 10.0. The number of fused-ring (bicyclic) bond motifs is 2. The van der Waals surface area contributed by atoms with Gasteiger partial charge in [0.2, 0.25) is 0 Å². The molecule has 1 N–H and O–H groups in total. The molecule has 0 aliphatic carbocycles. The van der Waals surface area contributed by atoms with Gasteiger partial charge in [-0.3, -0.25) is 9.69 Å². The molecule has 0 saturated carbocycles. The standard InChI is InChI=1S/C21H19N5O2/c27-21-17-11-26(10-14-7-15-3-1-2-4-19(15)28-12-14)6-5-18(17)24-20(25-21)16-8-22-13-23-9-16/h1-4,7-9,13H,5-6,10-12H2,(H,24,25,27). The number of benzene rings is 1. The number of aromatic nitrogens is 4. The molecule has 1 aromatic carbocycles. The molecule has 0 radical (unpaired) electrons. The van der Waals surface area contributed by atoms with Crippen molar-refractivity contribution in [1.82, 2.24) is 24.8 Å². The highest BCUT2D eigenvalue weighted by Crippen LogP contribution is 2.27. The monoisotopic (exact) mass is 373 g/mol. The summed E-state index contributed by atoms with van der Waals surface area (Å²) in [4.78, 5) is 30.5. The molecule has 2 aromatic heterocycles. The second-order valence-corrected chi connectivity index (χ2v) is 7.06. The second kappa shape index (κ2) is 7.01. The van der Waals surface area contributed by atoms with Crippen molar-refractivity contribution in [1.29, 1.82) is 0 Å². The van der Waals surface area contributed by atoms with Crippen LogP contribution >= 0.6 is 0 Å². The largest absolute Gasteiger partial charge is 0.489 e. The van der Waals surface area contributed by atoms with E-state index in [-0.39, 0.29) is 5.56 Å². The molecule has 7 nitrogen and oxygen atoms in total. The Morgan fingerprint density at radius 2 is 2.04 bits per heavy atom. The van der Waals surface area contributed by atoms with E-state index in [9.17, 15) is 4.79 Å². The van der Waals surface area contributed by atoms with E-state index in [1.807, 2.05) is 18.2 Å². The summed E-state index contributed by atoms with van der Waals surface area (Å²) in [7, 11) is 0. The van der Waals surface area contributed by atoms with E-state index in [4.69, 9.17) is 4.74 Å². The summed E-state index contributed by atoms with van der Waals surface area (Å²) >= 11 is 0. The van der Waals surface area contributed by atoms with Gasteiger partial charge in [-0.15, -0.1) is 0 Å². The summed E-state index contributed by atoms with van der Waals surface area (Å²) in [6.07, 6.45) is 7.69. The molecule has 2 aliphatic rings. The highest BCUT2D eigenvalue weighted by molar-refractivity contribution is 5.62. The van der Waals surface area contributed by atoms with Crippen molar-refractivity contribution in [2.75, 3.05) is 19.7 Å². The number of H-pyrrole nitrogens is 1. The molecule has 0 saturated heterocycles. The minimum absolute atomic E-state index is 0.0900. The van der Waals surface area contributed by atoms with Gasteiger partial charge in [-0.25, -0.2) is 15.0 Å². The average molecular weight is 373 g/mol. The molecule has 0 amide bonds. The fourth-order valence-corrected chi connectivity index (χ4v) is 3.72. The first-order valence-corrected chi connectivity index (χ1v) is 9.27. The molecule has 3 aromatic rings. The molecule has 140 valence electrons. The zero-order chi connectivity index (χ0) is 18.9. The molecular weight excluding hydrogens is 354 g/mol. The normalized spacial score (nSPS) is 15.9. The average Bonchev–Trinajstić information content (AvgIpc) is 2.74. The van der Waals surface area contributed by atoms with E-state index >= 15 is 0 Å². The van der Waals surface area contributed by atoms with Crippen molar-refractivity contribution in [3.8, 4) is 17.1 Å². The maximum absolute atomic E-state index is 12.7. The lowest BCUT2D eigenvalue weighted by Crippen LogP contribution is -2.37. The Bertz CT molecular complexity index is 1110. The molecule has 0 fully saturated rings. The zero-order valence-electron chi connectivity index (χ0n) is 15.3. The van der Waals surface area contributed by atoms with Gasteiger partial charge in [0.05, 0.1) is 16.8 Å². The van der Waals surface area contributed by atoms with Crippen LogP contribution in [0.15, 0.2) is 53.4 Å². The Kier molecular flexibility index (Phi) is 4.21. The van der Waals surface area contributed by atoms with Crippen LogP contribution in [0.1, 0.15) is 16.8 Å². The van der Waals surface area contributed by atoms with Gasteiger partial charge in [0.25, 0.3) is 5.56 Å². The number of ether oxygens (including phenoxy) is 1. The molecular formula is C21H19N5O2. The summed E-state index contributed by atoms with van der Waals surface area (Å²) in [6.45, 7) is 2.80. The Morgan fingerprint density at radius 3 is 2.93 bits per heavy atom. The van der Waals surface area contributed by atoms with Crippen molar-refractivity contribution in [3.63, 3.8) is 0 Å². The van der Waals surface area contributed by atoms with Gasteiger partial charge < -0.3 is 9.72 Å². The van der Waals surface area contributed by atoms with E-state index in [1.54, 1.807) is 12.4 Å². The quantitative estimate of drug-likeness (QED) is 0.757. The molecule has 7 heteroatoms. The Morgan fingerprint density at radius 1 is 1.18 bits per heavy atom. The van der Waals surface area contributed by atoms with E-state index in [0.717, 1.165) is 42.1 Å². The summed E-state index contributed by atoms with van der Waals surface area (Å²) in [5.41, 5.74) is 4.54. The van der Waals surface area contributed by atoms with Crippen molar-refractivity contribution in [3.05, 3.63) is 75.7 Å². The Balaban J connectivity index is 1.36. The number of rotatable bonds is 3. The van der Waals surface area contributed by atoms with Gasteiger partial charge in [0, 0.05) is 44.0 Å². The van der Waals surface area contributed by atoms with Gasteiger partial charge in [-0.05, 0) is 17.7 Å². The van der Waals surface area contributed by atoms with Crippen molar-refractivity contribution in [2.45, 2.75) is 13.0 Å². The number of nitrogens with one attached hydrogen (secondary N) is 1. The Labute approximate surface area is 161 Å². The summed E-state index contributed by atoms with van der Waals surface area (Å²) < 4.78 is 5.85. The van der Waals surface area contributed by atoms with Crippen LogP contribution in [0.3, 0.4) is 0 Å². The third kappa shape index (κ3) is 3.20. The molecule has 0 unspecified atom stereocenters. The van der Waals surface area contributed by atoms with Crippen LogP contribution in [0.4, 0.5) is 0 Å². The van der Waals surface area contributed by atoms with Crippen LogP contribution in [0.2, 0.25) is 0 Å². The van der Waals surface area contributed by atoms with Crippen LogP contribution in [-0.2, 0) is 13.0 Å². The zero-order valence-corrected chi connectivity index (χ0v) is 15.3. The van der Waals surface area contributed by atoms with Gasteiger partial charge in [-0.2, -0.15) is 0 Å². The third-order valence-corrected chi connectivity index (χ3v) is 5.10. The smallest absolute Gasteiger partial charge is 0.255 e. The summed E-state index contributed by atoms with van der Waals surface area (Å²) in [5, 5.41) is 0. The first-order chi connectivity index (χ1) is 13.8. The van der Waals surface area contributed by atoms with Crippen LogP contribution in [0.25, 0.3) is 17.5 Å². The highest BCUT2D eigenvalue weighted by Gasteiger charge is 2.23. The van der Waals surface area contributed by atoms with Crippen LogP contribution < -0.4 is 10.3 Å². The first kappa shape index (κ1) is 16.8. The number of aromatic amines is 1. The summed E-state index contributed by atoms with van der Waals surface area (Å²) in [5.74, 6) is 1.45. The lowest BCUT2D eigenvalue weighted by molar-refractivity contribution is 0.254. The maximum atomic E-state index is 12.7. The molecule has 0 bridgehead atoms. The van der Waals surface area contributed by atoms with Gasteiger partial charge in [0.1, 0.15) is 24.5 Å². The lowest BCUT2D eigenvalue weighted by Gasteiger charge is -2.29. The first-order valence-electron chi connectivity index (χ1n) is 9.27. The molecule has 2 aliphatic heterocycles. The van der Waals surface area contributed by atoms with Crippen molar-refractivity contribution >= 4 is 6.08 Å². The van der Waals surface area contributed by atoms with E-state index in [2.05, 4.69) is 37.0 Å². The van der Waals surface area contributed by atoms with Gasteiger partial charge in [0.15, 0.2) is 0 Å². The summed E-state index contributed by atoms with van der Waals surface area (Å²) in [6, 6.07) is 8.04. The third-order valence-electron chi connectivity index (χ3n) is 5.10. The van der Waals surface area contributed by atoms with Crippen LogP contribution in [-0.4, -0.2) is 44.5 Å². The van der Waals surface area contributed by atoms with Crippen LogP contribution in [0, 0.1) is 0 Å². The van der Waals surface area contributed by atoms with Gasteiger partial charge in [-0.1, -0.05) is 18.2 Å². The molecule has 0 atom stereocenters. The number of hydrogen-bond donors (Lipinski definition) is 1. The minimum Gasteiger partial charge on any atom is -0.489 e. The minimum atomic E-state index is -0.0900. The predicted octanol–water partition coefficient (Wildman–Crippen LogP) is 2.06. The van der Waals surface area contributed by atoms with Gasteiger partial charge >= 0.3 is 0 Å². The fourth-order valence-electron chi connectivity index (χ4n) is 3.72. The predicted molar refractivity (Wildman–Crippen MR) is 105 cm³/mol. The molecule has 0 spiro atoms. The Hall–Kier alpha value is -3.32. The molecule has 28 heavy (non-hydrogen) atoms. The SMILES string of the molecule is O=c1[nH]c(-c2cncnc2)nc2c1CN(CC1=Cc3ccccc3OC1)CC2. The number of hydrogen-bond acceptors (Lipinski definition) is 6. The van der Waals surface area contributed by atoms with Crippen molar-refractivity contribution in [2.24, 2.45) is 0 Å². The molecule has 4 heterocycles. The maximum Gasteiger partial charge on any atom is 0.255 e. The topological polar surface area (TPSA) is 84.0 Å². The van der Waals surface area contributed by atoms with E-state index in [0.29, 0.717) is 24.5 Å².